The Morgan fingerprint density at radius 2 is 1.78 bits per heavy atom. The molecule has 0 radical (unpaired) electrons. The van der Waals surface area contributed by atoms with Crippen molar-refractivity contribution < 1.29 is 31.1 Å². The molecule has 2 heterocycles. The molecule has 0 aliphatic heterocycles. The molecule has 5 nitrogen and oxygen atoms in total. The molecule has 0 atom stereocenters. The van der Waals surface area contributed by atoms with Gasteiger partial charge in [0.1, 0.15) is 0 Å². The van der Waals surface area contributed by atoms with Gasteiger partial charge in [-0.05, 0) is 6.07 Å². The summed E-state index contributed by atoms with van der Waals surface area (Å²) in [5.41, 5.74) is -3.80. The van der Waals surface area contributed by atoms with E-state index in [9.17, 15) is 31.1 Å². The summed E-state index contributed by atoms with van der Waals surface area (Å²) >= 11 is 5.58. The normalized spacial score (nSPS) is 12.5. The van der Waals surface area contributed by atoms with Crippen LogP contribution < -0.4 is 0 Å². The second kappa shape index (κ2) is 5.48. The molecule has 0 aliphatic rings. The molecule has 0 saturated carbocycles. The molecule has 0 N–H and O–H groups in total. The Bertz CT molecular complexity index is 767. The number of hydrogen-bond acceptors (Lipinski definition) is 4. The van der Waals surface area contributed by atoms with Crippen LogP contribution in [-0.4, -0.2) is 25.8 Å². The summed E-state index contributed by atoms with van der Waals surface area (Å²) < 4.78 is 76.9. The van der Waals surface area contributed by atoms with Crippen LogP contribution in [0.5, 0.6) is 0 Å². The number of pyridine rings is 1. The number of carbonyl (C=O) groups excluding carboxylic acids is 1. The van der Waals surface area contributed by atoms with Crippen LogP contribution in [0, 0.1) is 0 Å². The first-order valence-electron chi connectivity index (χ1n) is 5.70. The lowest BCUT2D eigenvalue weighted by Gasteiger charge is -2.12. The van der Waals surface area contributed by atoms with Gasteiger partial charge in [-0.1, -0.05) is 16.8 Å². The van der Waals surface area contributed by atoms with Crippen molar-refractivity contribution in [3.63, 3.8) is 0 Å². The summed E-state index contributed by atoms with van der Waals surface area (Å²) in [4.78, 5) is 14.5. The van der Waals surface area contributed by atoms with E-state index in [1.807, 2.05) is 0 Å². The van der Waals surface area contributed by atoms with E-state index in [1.54, 1.807) is 0 Å². The molecule has 12 heteroatoms. The predicted octanol–water partition coefficient (Wildman–Crippen LogP) is 3.56. The highest BCUT2D eigenvalue weighted by Gasteiger charge is 2.42. The van der Waals surface area contributed by atoms with E-state index >= 15 is 0 Å². The first kappa shape index (κ1) is 17.2. The van der Waals surface area contributed by atoms with E-state index < -0.39 is 45.9 Å². The Morgan fingerprint density at radius 3 is 2.22 bits per heavy atom. The fourth-order valence-corrected chi connectivity index (χ4v) is 1.91. The van der Waals surface area contributed by atoms with Gasteiger partial charge in [0.15, 0.2) is 23.0 Å². The first-order chi connectivity index (χ1) is 10.4. The molecule has 0 fully saturated rings. The van der Waals surface area contributed by atoms with E-state index in [1.165, 1.54) is 0 Å². The SMILES string of the molecule is CC(=O)c1nnn(-c2ncc(C(F)(F)F)cc2Cl)c1C(F)(F)F. The van der Waals surface area contributed by atoms with Crippen molar-refractivity contribution in [2.24, 2.45) is 0 Å². The second-order valence-electron chi connectivity index (χ2n) is 4.28. The highest BCUT2D eigenvalue weighted by molar-refractivity contribution is 6.32. The topological polar surface area (TPSA) is 60.7 Å². The zero-order valence-electron chi connectivity index (χ0n) is 11.0. The first-order valence-corrected chi connectivity index (χ1v) is 6.07. The lowest BCUT2D eigenvalue weighted by molar-refractivity contribution is -0.143. The van der Waals surface area contributed by atoms with Crippen molar-refractivity contribution in [2.45, 2.75) is 19.3 Å². The molecule has 2 aromatic rings. The van der Waals surface area contributed by atoms with Crippen LogP contribution in [0.1, 0.15) is 28.7 Å². The van der Waals surface area contributed by atoms with Gasteiger partial charge in [-0.2, -0.15) is 31.0 Å². The van der Waals surface area contributed by atoms with Gasteiger partial charge in [-0.3, -0.25) is 4.79 Å². The van der Waals surface area contributed by atoms with Gasteiger partial charge >= 0.3 is 12.4 Å². The van der Waals surface area contributed by atoms with Crippen LogP contribution in [0.25, 0.3) is 5.82 Å². The third-order valence-electron chi connectivity index (χ3n) is 2.62. The number of rotatable bonds is 2. The van der Waals surface area contributed by atoms with Gasteiger partial charge in [0.25, 0.3) is 0 Å². The Kier molecular flexibility index (Phi) is 4.09. The van der Waals surface area contributed by atoms with Crippen molar-refractivity contribution >= 4 is 17.4 Å². The average Bonchev–Trinajstić information content (AvgIpc) is 2.82. The van der Waals surface area contributed by atoms with Gasteiger partial charge in [0.05, 0.1) is 10.6 Å². The molecule has 0 aromatic carbocycles. The van der Waals surface area contributed by atoms with Crippen molar-refractivity contribution in [3.05, 3.63) is 34.2 Å². The molecule has 0 saturated heterocycles. The van der Waals surface area contributed by atoms with Crippen molar-refractivity contribution in [1.29, 1.82) is 0 Å². The summed E-state index contributed by atoms with van der Waals surface area (Å²) in [7, 11) is 0. The van der Waals surface area contributed by atoms with Crippen LogP contribution in [0.2, 0.25) is 5.02 Å². The molecule has 2 aromatic heterocycles. The van der Waals surface area contributed by atoms with Crippen molar-refractivity contribution in [2.75, 3.05) is 0 Å². The summed E-state index contributed by atoms with van der Waals surface area (Å²) in [6.45, 7) is 0.839. The minimum absolute atomic E-state index is 0.0826. The molecule has 23 heavy (non-hydrogen) atoms. The highest BCUT2D eigenvalue weighted by atomic mass is 35.5. The number of carbonyl (C=O) groups is 1. The number of hydrogen-bond donors (Lipinski definition) is 0. The molecule has 124 valence electrons. The van der Waals surface area contributed by atoms with Crippen LogP contribution in [0.3, 0.4) is 0 Å². The van der Waals surface area contributed by atoms with Crippen LogP contribution in [0.4, 0.5) is 26.3 Å². The Labute approximate surface area is 128 Å². The highest BCUT2D eigenvalue weighted by Crippen LogP contribution is 2.35. The summed E-state index contributed by atoms with van der Waals surface area (Å²) in [6, 6.07) is 0.402. The molecule has 0 amide bonds. The monoisotopic (exact) mass is 358 g/mol. The van der Waals surface area contributed by atoms with Gasteiger partial charge < -0.3 is 0 Å². The second-order valence-corrected chi connectivity index (χ2v) is 4.69. The fraction of sp³-hybridized carbons (Fsp3) is 0.273. The van der Waals surface area contributed by atoms with Crippen LogP contribution >= 0.6 is 11.6 Å². The van der Waals surface area contributed by atoms with Gasteiger partial charge in [0.2, 0.25) is 0 Å². The lowest BCUT2D eigenvalue weighted by Crippen LogP contribution is -2.18. The smallest absolute Gasteiger partial charge is 0.293 e. The Balaban J connectivity index is 2.67. The van der Waals surface area contributed by atoms with E-state index in [0.29, 0.717) is 12.3 Å². The number of Topliss-reactive ketones (excluding diaryl/α,β-unsaturated/α-hetero) is 1. The molecule has 0 unspecified atom stereocenters. The van der Waals surface area contributed by atoms with E-state index in [2.05, 4.69) is 15.3 Å². The number of aromatic nitrogens is 4. The van der Waals surface area contributed by atoms with Gasteiger partial charge in [0, 0.05) is 13.1 Å². The molecule has 0 bridgehead atoms. The quantitative estimate of drug-likeness (QED) is 0.608. The maximum atomic E-state index is 13.1. The van der Waals surface area contributed by atoms with Crippen molar-refractivity contribution in [3.8, 4) is 5.82 Å². The zero-order chi connectivity index (χ0) is 17.6. The third kappa shape index (κ3) is 3.28. The number of halogens is 7. The minimum Gasteiger partial charge on any atom is -0.293 e. The maximum Gasteiger partial charge on any atom is 0.435 e. The predicted molar refractivity (Wildman–Crippen MR) is 64.2 cm³/mol. The molecular weight excluding hydrogens is 354 g/mol. The average molecular weight is 359 g/mol. The van der Waals surface area contributed by atoms with Gasteiger partial charge in [-0.25, -0.2) is 4.98 Å². The van der Waals surface area contributed by atoms with Crippen LogP contribution in [-0.2, 0) is 12.4 Å². The molecule has 0 aliphatic carbocycles. The van der Waals surface area contributed by atoms with E-state index in [4.69, 9.17) is 11.6 Å². The molecule has 0 spiro atoms. The van der Waals surface area contributed by atoms with E-state index in [0.717, 1.165) is 6.92 Å². The summed E-state index contributed by atoms with van der Waals surface area (Å²) in [5.74, 6) is -1.75. The largest absolute Gasteiger partial charge is 0.435 e. The minimum atomic E-state index is -5.04. The zero-order valence-corrected chi connectivity index (χ0v) is 11.8. The number of nitrogens with zero attached hydrogens (tertiary/aromatic N) is 4. The fourth-order valence-electron chi connectivity index (χ4n) is 1.66. The molecule has 2 rings (SSSR count). The molecular formula is C11H5ClF6N4O. The lowest BCUT2D eigenvalue weighted by atomic mass is 10.2. The van der Waals surface area contributed by atoms with E-state index in [-0.39, 0.29) is 4.68 Å². The maximum absolute atomic E-state index is 13.1. The number of ketones is 1. The van der Waals surface area contributed by atoms with Gasteiger partial charge in [-0.15, -0.1) is 5.10 Å². The number of alkyl halides is 6. The standard InChI is InChI=1S/C11H5ClF6N4O/c1-4(23)7-8(11(16,17)18)22(21-20-7)9-6(12)2-5(3-19-9)10(13,14)15/h2-3H,1H3. The van der Waals surface area contributed by atoms with Crippen LogP contribution in [0.15, 0.2) is 12.3 Å². The third-order valence-corrected chi connectivity index (χ3v) is 2.90. The summed E-state index contributed by atoms with van der Waals surface area (Å²) in [6.07, 6.45) is -9.51. The van der Waals surface area contributed by atoms with Crippen molar-refractivity contribution in [1.82, 2.24) is 20.0 Å². The Hall–Kier alpha value is -2.17. The summed E-state index contributed by atoms with van der Waals surface area (Å²) in [5, 5.41) is 5.49. The Morgan fingerprint density at radius 1 is 1.17 bits per heavy atom.